The van der Waals surface area contributed by atoms with Gasteiger partial charge in [-0.05, 0) is 129 Å². The van der Waals surface area contributed by atoms with Crippen LogP contribution in [-0.4, -0.2) is 39.6 Å². The number of rotatable bonds is 14. The second-order valence-electron chi connectivity index (χ2n) is 16.6. The van der Waals surface area contributed by atoms with E-state index in [1.54, 1.807) is 12.5 Å². The van der Waals surface area contributed by atoms with Gasteiger partial charge in [-0.3, -0.25) is 0 Å². The molecule has 8 fully saturated rings. The van der Waals surface area contributed by atoms with Crippen LogP contribution in [0.2, 0.25) is 0 Å². The highest BCUT2D eigenvalue weighted by Crippen LogP contribution is 2.65. The molecule has 0 saturated heterocycles. The van der Waals surface area contributed by atoms with E-state index < -0.39 is 0 Å². The van der Waals surface area contributed by atoms with Gasteiger partial charge in [0.15, 0.2) is 11.5 Å². The third-order valence-corrected chi connectivity index (χ3v) is 13.3. The lowest BCUT2D eigenvalue weighted by Crippen LogP contribution is -2.49. The summed E-state index contributed by atoms with van der Waals surface area (Å²) in [4.78, 5) is 0. The summed E-state index contributed by atoms with van der Waals surface area (Å²) in [6.45, 7) is 3.15. The molecule has 8 bridgehead atoms. The Hall–Kier alpha value is -2.70. The molecule has 0 N–H and O–H groups in total. The second kappa shape index (κ2) is 10.9. The summed E-state index contributed by atoms with van der Waals surface area (Å²) < 4.78 is 36.2. The number of hydrogen-bond acceptors (Lipinski definition) is 6. The maximum absolute atomic E-state index is 7.00. The van der Waals surface area contributed by atoms with E-state index in [4.69, 9.17) is 28.4 Å². The van der Waals surface area contributed by atoms with Gasteiger partial charge in [-0.15, -0.1) is 0 Å². The van der Waals surface area contributed by atoms with Crippen LogP contribution in [0.3, 0.4) is 0 Å². The minimum absolute atomic E-state index is 0.209. The molecule has 12 rings (SSSR count). The van der Waals surface area contributed by atoms with Crippen LogP contribution in [0.1, 0.15) is 88.2 Å². The third-order valence-electron chi connectivity index (χ3n) is 13.3. The van der Waals surface area contributed by atoms with Crippen LogP contribution in [0.4, 0.5) is 0 Å². The molecule has 244 valence electrons. The van der Waals surface area contributed by atoms with E-state index in [-0.39, 0.29) is 10.8 Å². The highest BCUT2D eigenvalue weighted by molar-refractivity contribution is 5.97. The summed E-state index contributed by atoms with van der Waals surface area (Å²) in [6.07, 6.45) is 19.9. The van der Waals surface area contributed by atoms with Crippen LogP contribution in [-0.2, 0) is 29.8 Å². The average molecular weight is 625 g/mol. The second-order valence-corrected chi connectivity index (χ2v) is 16.6. The fraction of sp³-hybridized carbons (Fsp3) is 0.650. The van der Waals surface area contributed by atoms with Gasteiger partial charge in [0.25, 0.3) is 0 Å². The molecule has 0 aromatic heterocycles. The van der Waals surface area contributed by atoms with E-state index in [0.29, 0.717) is 39.6 Å². The molecule has 6 heteroatoms. The normalized spacial score (nSPS) is 37.1. The van der Waals surface area contributed by atoms with Crippen molar-refractivity contribution >= 4 is 10.8 Å². The zero-order chi connectivity index (χ0) is 30.3. The van der Waals surface area contributed by atoms with Crippen molar-refractivity contribution in [1.29, 1.82) is 0 Å². The molecule has 8 saturated carbocycles. The van der Waals surface area contributed by atoms with Crippen LogP contribution in [0, 0.1) is 35.5 Å². The molecule has 46 heavy (non-hydrogen) atoms. The highest BCUT2D eigenvalue weighted by atomic mass is 16.6. The highest BCUT2D eigenvalue weighted by Gasteiger charge is 2.54. The lowest BCUT2D eigenvalue weighted by Gasteiger charge is -2.57. The number of ether oxygens (including phenoxy) is 6. The first kappa shape index (κ1) is 28.3. The third kappa shape index (κ3) is 5.05. The van der Waals surface area contributed by atoms with Gasteiger partial charge in [-0.25, -0.2) is 0 Å². The van der Waals surface area contributed by atoms with Gasteiger partial charge in [-0.2, -0.15) is 0 Å². The standard InChI is InChI=1S/C40H48O6/c1-3-34(39-15-25-9-26(16-39)11-27(10-25)17-39)37(43-7-5-41-21-32-23-45-32)36-31(1)2-4-35(38(36)44-8-6-42-22-33-24-46-33)40-18-28-12-29(19-40)14-30(13-28)20-40/h1-4,23-30H,5-22H2. The van der Waals surface area contributed by atoms with E-state index in [1.165, 1.54) is 98.9 Å². The van der Waals surface area contributed by atoms with E-state index in [2.05, 4.69) is 24.3 Å². The SMILES string of the molecule is C1=C(COCCOc2c(C34CC5CC(CC(C5)C3)C4)ccc3ccc(C45CC6CC(CC(C6)C4)C5)c(OCCOCC4=CO4)c23)O1. The fourth-order valence-electron chi connectivity index (χ4n) is 12.3. The maximum atomic E-state index is 7.00. The lowest BCUT2D eigenvalue weighted by molar-refractivity contribution is -0.00682. The smallest absolute Gasteiger partial charge is 0.164 e. The van der Waals surface area contributed by atoms with Crippen molar-refractivity contribution in [3.8, 4) is 11.5 Å². The fourth-order valence-corrected chi connectivity index (χ4v) is 12.3. The number of fused-ring (bicyclic) bond motifs is 1. The van der Waals surface area contributed by atoms with Gasteiger partial charge < -0.3 is 28.4 Å². The van der Waals surface area contributed by atoms with Crippen LogP contribution < -0.4 is 9.47 Å². The Labute approximate surface area is 272 Å². The summed E-state index contributed by atoms with van der Waals surface area (Å²) in [6, 6.07) is 9.64. The van der Waals surface area contributed by atoms with Crippen molar-refractivity contribution in [3.05, 3.63) is 59.4 Å². The van der Waals surface area contributed by atoms with Crippen molar-refractivity contribution < 1.29 is 28.4 Å². The molecule has 0 radical (unpaired) electrons. The molecule has 2 heterocycles. The quantitative estimate of drug-likeness (QED) is 0.197. The monoisotopic (exact) mass is 624 g/mol. The Bertz CT molecular complexity index is 1400. The minimum Gasteiger partial charge on any atom is -0.490 e. The van der Waals surface area contributed by atoms with Gasteiger partial charge in [0.2, 0.25) is 0 Å². The Morgan fingerprint density at radius 3 is 1.24 bits per heavy atom. The predicted molar refractivity (Wildman–Crippen MR) is 175 cm³/mol. The number of hydrogen-bond donors (Lipinski definition) is 0. The molecule has 0 amide bonds. The summed E-state index contributed by atoms with van der Waals surface area (Å²) in [7, 11) is 0. The van der Waals surface area contributed by atoms with Crippen LogP contribution in [0.25, 0.3) is 10.8 Å². The molecule has 10 aliphatic rings. The molecular formula is C40H48O6. The molecule has 0 spiro atoms. The van der Waals surface area contributed by atoms with Gasteiger partial charge in [0.05, 0.1) is 18.6 Å². The van der Waals surface area contributed by atoms with Crippen LogP contribution in [0.5, 0.6) is 11.5 Å². The Balaban J connectivity index is 1.07. The molecular weight excluding hydrogens is 576 g/mol. The van der Waals surface area contributed by atoms with Gasteiger partial charge >= 0.3 is 0 Å². The van der Waals surface area contributed by atoms with Crippen molar-refractivity contribution in [2.45, 2.75) is 87.9 Å². The summed E-state index contributed by atoms with van der Waals surface area (Å²) in [5.74, 6) is 9.16. The zero-order valence-electron chi connectivity index (χ0n) is 27.1. The first-order valence-electron chi connectivity index (χ1n) is 18.3. The maximum Gasteiger partial charge on any atom is 0.164 e. The van der Waals surface area contributed by atoms with E-state index in [1.807, 2.05) is 0 Å². The first-order valence-corrected chi connectivity index (χ1v) is 18.3. The molecule has 2 aromatic rings. The van der Waals surface area contributed by atoms with Crippen molar-refractivity contribution in [3.63, 3.8) is 0 Å². The summed E-state index contributed by atoms with van der Waals surface area (Å²) in [5, 5.41) is 2.42. The molecule has 8 aliphatic carbocycles. The molecule has 0 unspecified atom stereocenters. The van der Waals surface area contributed by atoms with Gasteiger partial charge in [0, 0.05) is 11.1 Å². The lowest BCUT2D eigenvalue weighted by atomic mass is 9.47. The van der Waals surface area contributed by atoms with E-state index >= 15 is 0 Å². The minimum atomic E-state index is 0.209. The Morgan fingerprint density at radius 1 is 0.522 bits per heavy atom. The van der Waals surface area contributed by atoms with Crippen LogP contribution in [0.15, 0.2) is 48.3 Å². The van der Waals surface area contributed by atoms with Crippen LogP contribution >= 0.6 is 0 Å². The van der Waals surface area contributed by atoms with Gasteiger partial charge in [0.1, 0.15) is 50.5 Å². The van der Waals surface area contributed by atoms with Gasteiger partial charge in [-0.1, -0.05) is 24.3 Å². The topological polar surface area (TPSA) is 62.0 Å². The molecule has 2 aliphatic heterocycles. The van der Waals surface area contributed by atoms with E-state index in [9.17, 15) is 0 Å². The predicted octanol–water partition coefficient (Wildman–Crippen LogP) is 8.31. The molecule has 2 aromatic carbocycles. The largest absolute Gasteiger partial charge is 0.490 e. The van der Waals surface area contributed by atoms with Crippen molar-refractivity contribution in [2.24, 2.45) is 35.5 Å². The summed E-state index contributed by atoms with van der Waals surface area (Å²) >= 11 is 0. The average Bonchev–Trinajstić information content (AvgIpc) is 3.96. The van der Waals surface area contributed by atoms with Crippen molar-refractivity contribution in [2.75, 3.05) is 39.6 Å². The summed E-state index contributed by atoms with van der Waals surface area (Å²) in [5.41, 5.74) is 3.30. The Morgan fingerprint density at radius 2 is 0.891 bits per heavy atom. The van der Waals surface area contributed by atoms with E-state index in [0.717, 1.165) is 58.5 Å². The first-order chi connectivity index (χ1) is 22.6. The molecule has 0 atom stereocenters. The Kier molecular flexibility index (Phi) is 6.72. The van der Waals surface area contributed by atoms with Crippen molar-refractivity contribution in [1.82, 2.24) is 0 Å². The number of benzene rings is 2. The zero-order valence-corrected chi connectivity index (χ0v) is 27.1. The molecule has 6 nitrogen and oxygen atoms in total.